The molecule has 1 aromatic heterocycles. The normalized spacial score (nSPS) is 22.1. The highest BCUT2D eigenvalue weighted by Crippen LogP contribution is 2.49. The third kappa shape index (κ3) is 6.17. The second-order valence-electron chi connectivity index (χ2n) is 9.61. The number of aromatic nitrogens is 1. The molecule has 1 fully saturated rings. The van der Waals surface area contributed by atoms with E-state index in [2.05, 4.69) is 4.98 Å². The number of hydrogen-bond acceptors (Lipinski definition) is 8. The zero-order valence-corrected chi connectivity index (χ0v) is 23.0. The summed E-state index contributed by atoms with van der Waals surface area (Å²) in [5.41, 5.74) is 9.81. The van der Waals surface area contributed by atoms with Crippen molar-refractivity contribution in [1.29, 1.82) is 0 Å². The van der Waals surface area contributed by atoms with Crippen LogP contribution in [0, 0.1) is 12.8 Å². The Balaban J connectivity index is 1.54. The highest BCUT2D eigenvalue weighted by molar-refractivity contribution is 7.53. The van der Waals surface area contributed by atoms with E-state index in [1.165, 1.54) is 0 Å². The van der Waals surface area contributed by atoms with E-state index in [-0.39, 0.29) is 24.3 Å². The molecule has 1 aliphatic heterocycles. The van der Waals surface area contributed by atoms with Gasteiger partial charge in [-0.25, -0.2) is 4.98 Å². The fraction of sp³-hybridized carbons (Fsp3) is 0.556. The molecule has 0 saturated heterocycles. The Labute approximate surface area is 219 Å². The van der Waals surface area contributed by atoms with Crippen LogP contribution in [0.4, 0.5) is 11.5 Å². The molecule has 1 saturated carbocycles. The standard InChI is InChI=1S/C27H38N3O6P/c1-5-35-37(32,36-6-2)17-34-21-12-10-19(11-13-21)25-26-23(18(3)14-24(28)29-26)16-30(27(25)31)20-8-7-9-22(15-20)33-4/h7-9,14-15,19,21,25H,5-6,10-13,16-17H2,1-4H3,(H2,28,29). The number of hydrogen-bond donors (Lipinski definition) is 1. The number of anilines is 2. The number of methoxy groups -OCH3 is 1. The molecule has 1 atom stereocenters. The minimum absolute atomic E-state index is 0.0276. The first-order valence-corrected chi connectivity index (χ1v) is 14.7. The van der Waals surface area contributed by atoms with Crippen molar-refractivity contribution in [2.24, 2.45) is 5.92 Å². The number of aryl methyl sites for hydroxylation is 1. The Bertz CT molecular complexity index is 1140. The first kappa shape index (κ1) is 27.6. The number of nitrogens with two attached hydrogens (primary N) is 1. The number of amides is 1. The number of ether oxygens (including phenoxy) is 2. The van der Waals surface area contributed by atoms with Crippen LogP contribution in [-0.2, 0) is 29.7 Å². The monoisotopic (exact) mass is 531 g/mol. The molecule has 0 bridgehead atoms. The Hall–Kier alpha value is -2.45. The smallest absolute Gasteiger partial charge is 0.356 e. The van der Waals surface area contributed by atoms with Crippen molar-refractivity contribution < 1.29 is 27.9 Å². The topological polar surface area (TPSA) is 113 Å². The predicted molar refractivity (Wildman–Crippen MR) is 143 cm³/mol. The van der Waals surface area contributed by atoms with Crippen molar-refractivity contribution in [3.63, 3.8) is 0 Å². The van der Waals surface area contributed by atoms with Gasteiger partial charge in [0.25, 0.3) is 0 Å². The summed E-state index contributed by atoms with van der Waals surface area (Å²) in [5.74, 6) is 0.868. The molecule has 1 aromatic carbocycles. The summed E-state index contributed by atoms with van der Waals surface area (Å²) in [6.07, 6.45) is 2.96. The van der Waals surface area contributed by atoms with Crippen LogP contribution in [0.2, 0.25) is 0 Å². The van der Waals surface area contributed by atoms with Crippen LogP contribution in [0.25, 0.3) is 0 Å². The van der Waals surface area contributed by atoms with E-state index < -0.39 is 13.5 Å². The van der Waals surface area contributed by atoms with Crippen LogP contribution in [0.15, 0.2) is 30.3 Å². The van der Waals surface area contributed by atoms with Crippen LogP contribution in [-0.4, -0.2) is 43.7 Å². The summed E-state index contributed by atoms with van der Waals surface area (Å²) in [7, 11) is -1.64. The van der Waals surface area contributed by atoms with E-state index in [9.17, 15) is 9.36 Å². The van der Waals surface area contributed by atoms with Gasteiger partial charge in [-0.05, 0) is 81.7 Å². The molecule has 37 heavy (non-hydrogen) atoms. The maximum atomic E-state index is 14.0. The third-order valence-corrected chi connectivity index (χ3v) is 8.99. The van der Waals surface area contributed by atoms with Gasteiger partial charge in [-0.15, -0.1) is 0 Å². The number of benzene rings is 1. The first-order valence-electron chi connectivity index (χ1n) is 13.0. The van der Waals surface area contributed by atoms with Crippen molar-refractivity contribution in [1.82, 2.24) is 4.98 Å². The molecule has 1 amide bonds. The third-order valence-electron chi connectivity index (χ3n) is 7.22. The first-order chi connectivity index (χ1) is 17.8. The van der Waals surface area contributed by atoms with Crippen molar-refractivity contribution in [3.05, 3.63) is 47.2 Å². The van der Waals surface area contributed by atoms with E-state index in [1.54, 1.807) is 21.0 Å². The fourth-order valence-corrected chi connectivity index (χ4v) is 6.85. The molecule has 10 heteroatoms. The Morgan fingerprint density at radius 1 is 1.11 bits per heavy atom. The highest BCUT2D eigenvalue weighted by Gasteiger charge is 2.42. The largest absolute Gasteiger partial charge is 0.497 e. The van der Waals surface area contributed by atoms with Gasteiger partial charge in [0.15, 0.2) is 0 Å². The van der Waals surface area contributed by atoms with Gasteiger partial charge in [-0.1, -0.05) is 6.07 Å². The quantitative estimate of drug-likeness (QED) is 0.405. The van der Waals surface area contributed by atoms with E-state index in [1.807, 2.05) is 42.2 Å². The lowest BCUT2D eigenvalue weighted by atomic mass is 9.74. The average Bonchev–Trinajstić information content (AvgIpc) is 2.88. The number of pyridine rings is 1. The number of carbonyl (C=O) groups excluding carboxylic acids is 1. The molecule has 202 valence electrons. The number of carbonyl (C=O) groups is 1. The van der Waals surface area contributed by atoms with Gasteiger partial charge in [0.1, 0.15) is 17.9 Å². The lowest BCUT2D eigenvalue weighted by Gasteiger charge is -2.40. The van der Waals surface area contributed by atoms with Crippen LogP contribution in [0.5, 0.6) is 5.75 Å². The Morgan fingerprint density at radius 2 is 1.81 bits per heavy atom. The van der Waals surface area contributed by atoms with Crippen LogP contribution >= 0.6 is 7.60 Å². The number of fused-ring (bicyclic) bond motifs is 1. The van der Waals surface area contributed by atoms with E-state index in [4.69, 9.17) is 24.3 Å². The van der Waals surface area contributed by atoms with Gasteiger partial charge in [-0.3, -0.25) is 9.36 Å². The van der Waals surface area contributed by atoms with Crippen molar-refractivity contribution in [3.8, 4) is 5.75 Å². The number of rotatable bonds is 10. The van der Waals surface area contributed by atoms with Crippen molar-refractivity contribution >= 4 is 25.0 Å². The van der Waals surface area contributed by atoms with Gasteiger partial charge < -0.3 is 29.2 Å². The van der Waals surface area contributed by atoms with Gasteiger partial charge in [0.2, 0.25) is 5.91 Å². The SMILES string of the molecule is CCOP(=O)(COC1CCC(C2C(=O)N(c3cccc(OC)c3)Cc3c(C)cc(N)nc32)CC1)OCC. The van der Waals surface area contributed by atoms with E-state index >= 15 is 0 Å². The maximum absolute atomic E-state index is 14.0. The summed E-state index contributed by atoms with van der Waals surface area (Å²) in [6.45, 7) is 6.64. The lowest BCUT2D eigenvalue weighted by Crippen LogP contribution is -2.44. The van der Waals surface area contributed by atoms with Crippen molar-refractivity contribution in [2.75, 3.05) is 37.3 Å². The molecule has 2 aliphatic rings. The molecule has 1 aliphatic carbocycles. The highest BCUT2D eigenvalue weighted by atomic mass is 31.2. The predicted octanol–water partition coefficient (Wildman–Crippen LogP) is 5.41. The van der Waals surface area contributed by atoms with E-state index in [0.717, 1.165) is 48.2 Å². The Kier molecular flexibility index (Phi) is 8.90. The summed E-state index contributed by atoms with van der Waals surface area (Å²) < 4.78 is 34.9. The van der Waals surface area contributed by atoms with Gasteiger partial charge >= 0.3 is 7.60 Å². The zero-order chi connectivity index (χ0) is 26.6. The lowest BCUT2D eigenvalue weighted by molar-refractivity contribution is -0.122. The summed E-state index contributed by atoms with van der Waals surface area (Å²) in [5, 5.41) is 0. The van der Waals surface area contributed by atoms with Gasteiger partial charge in [0.05, 0.1) is 44.6 Å². The number of nitrogen functional groups attached to an aromatic ring is 1. The molecule has 0 spiro atoms. The fourth-order valence-electron chi connectivity index (χ4n) is 5.45. The minimum atomic E-state index is -3.26. The molecule has 9 nitrogen and oxygen atoms in total. The second kappa shape index (κ2) is 11.9. The minimum Gasteiger partial charge on any atom is -0.497 e. The van der Waals surface area contributed by atoms with Gasteiger partial charge in [-0.2, -0.15) is 0 Å². The maximum Gasteiger partial charge on any atom is 0.356 e. The molecule has 2 heterocycles. The second-order valence-corrected chi connectivity index (χ2v) is 11.6. The summed E-state index contributed by atoms with van der Waals surface area (Å²) in [4.78, 5) is 20.5. The summed E-state index contributed by atoms with van der Waals surface area (Å²) >= 11 is 0. The average molecular weight is 532 g/mol. The van der Waals surface area contributed by atoms with Gasteiger partial charge in [0, 0.05) is 11.8 Å². The molecule has 0 radical (unpaired) electrons. The molecule has 1 unspecified atom stereocenters. The zero-order valence-electron chi connectivity index (χ0n) is 22.1. The van der Waals surface area contributed by atoms with Crippen molar-refractivity contribution in [2.45, 2.75) is 65.0 Å². The van der Waals surface area contributed by atoms with Crippen LogP contribution < -0.4 is 15.4 Å². The molecular weight excluding hydrogens is 493 g/mol. The number of nitrogens with zero attached hydrogens (tertiary/aromatic N) is 2. The molecule has 4 rings (SSSR count). The Morgan fingerprint density at radius 3 is 2.46 bits per heavy atom. The molecule has 2 aromatic rings. The summed E-state index contributed by atoms with van der Waals surface area (Å²) in [6, 6.07) is 9.46. The van der Waals surface area contributed by atoms with Crippen LogP contribution in [0.1, 0.15) is 62.3 Å². The van der Waals surface area contributed by atoms with E-state index in [0.29, 0.717) is 31.3 Å². The molecular formula is C27H38N3O6P. The molecule has 2 N–H and O–H groups in total. The van der Waals surface area contributed by atoms with Crippen LogP contribution in [0.3, 0.4) is 0 Å².